The van der Waals surface area contributed by atoms with Crippen LogP contribution in [0.4, 0.5) is 0 Å². The predicted molar refractivity (Wildman–Crippen MR) is 115 cm³/mol. The molecule has 4 nitrogen and oxygen atoms in total. The van der Waals surface area contributed by atoms with Crippen LogP contribution in [-0.4, -0.2) is 25.4 Å². The summed E-state index contributed by atoms with van der Waals surface area (Å²) < 4.78 is 22.9. The fourth-order valence-corrected chi connectivity index (χ4v) is 3.54. The van der Waals surface area contributed by atoms with Crippen molar-refractivity contribution in [1.82, 2.24) is 0 Å². The average molecular weight is 402 g/mol. The van der Waals surface area contributed by atoms with E-state index in [0.717, 1.165) is 48.7 Å². The normalized spacial score (nSPS) is 19.3. The Bertz CT molecular complexity index is 894. The van der Waals surface area contributed by atoms with Gasteiger partial charge < -0.3 is 18.9 Å². The fourth-order valence-electron chi connectivity index (χ4n) is 3.54. The smallest absolute Gasteiger partial charge is 0.123 e. The maximum atomic E-state index is 6.08. The van der Waals surface area contributed by atoms with Gasteiger partial charge in [-0.15, -0.1) is 0 Å². The lowest BCUT2D eigenvalue weighted by atomic mass is 10.1. The molecule has 30 heavy (non-hydrogen) atoms. The summed E-state index contributed by atoms with van der Waals surface area (Å²) in [6.07, 6.45) is 2.55. The molecule has 2 atom stereocenters. The molecule has 2 heterocycles. The molecule has 4 heteroatoms. The Labute approximate surface area is 177 Å². The van der Waals surface area contributed by atoms with Crippen LogP contribution in [0.3, 0.4) is 0 Å². The van der Waals surface area contributed by atoms with Crippen LogP contribution in [0.1, 0.15) is 22.3 Å². The number of ether oxygens (including phenoxy) is 4. The number of hydrogen-bond acceptors (Lipinski definition) is 4. The van der Waals surface area contributed by atoms with Gasteiger partial charge in [0.05, 0.1) is 25.4 Å². The maximum absolute atomic E-state index is 6.08. The van der Waals surface area contributed by atoms with E-state index in [1.54, 1.807) is 0 Å². The van der Waals surface area contributed by atoms with E-state index in [2.05, 4.69) is 48.5 Å². The summed E-state index contributed by atoms with van der Waals surface area (Å²) in [5, 5.41) is 0. The molecule has 3 aromatic rings. The van der Waals surface area contributed by atoms with Gasteiger partial charge >= 0.3 is 0 Å². The first-order chi connectivity index (χ1) is 14.8. The molecular weight excluding hydrogens is 376 g/mol. The van der Waals surface area contributed by atoms with Crippen molar-refractivity contribution in [2.75, 3.05) is 13.2 Å². The van der Waals surface area contributed by atoms with Crippen molar-refractivity contribution >= 4 is 0 Å². The molecule has 0 radical (unpaired) electrons. The Morgan fingerprint density at radius 2 is 1.00 bits per heavy atom. The van der Waals surface area contributed by atoms with Crippen LogP contribution >= 0.6 is 0 Å². The quantitative estimate of drug-likeness (QED) is 0.460. The average Bonchev–Trinajstić information content (AvgIpc) is 3.71. The number of benzene rings is 3. The topological polar surface area (TPSA) is 43.5 Å². The standard InChI is InChI=1S/C26H26O4/c1-3-7-25(21(5-1)13-23-17-27-23)29-15-19-9-11-20(12-10-19)16-30-26-8-4-2-6-22(26)14-24-18-28-24/h1-12,23-24H,13-18H2. The molecule has 0 saturated carbocycles. The Morgan fingerprint density at radius 3 is 1.40 bits per heavy atom. The zero-order chi connectivity index (χ0) is 20.2. The molecule has 0 spiro atoms. The fraction of sp³-hybridized carbons (Fsp3) is 0.308. The monoisotopic (exact) mass is 402 g/mol. The van der Waals surface area contributed by atoms with E-state index in [9.17, 15) is 0 Å². The number of hydrogen-bond donors (Lipinski definition) is 0. The molecule has 2 aliphatic rings. The number of epoxide rings is 2. The van der Waals surface area contributed by atoms with Crippen LogP contribution in [-0.2, 0) is 35.5 Å². The minimum Gasteiger partial charge on any atom is -0.489 e. The van der Waals surface area contributed by atoms with Crippen molar-refractivity contribution in [3.8, 4) is 11.5 Å². The molecule has 2 aliphatic heterocycles. The molecule has 0 aromatic heterocycles. The van der Waals surface area contributed by atoms with E-state index in [0.29, 0.717) is 25.4 Å². The van der Waals surface area contributed by atoms with Gasteiger partial charge in [0.15, 0.2) is 0 Å². The van der Waals surface area contributed by atoms with Gasteiger partial charge in [-0.2, -0.15) is 0 Å². The molecule has 2 fully saturated rings. The van der Waals surface area contributed by atoms with Crippen LogP contribution in [0.15, 0.2) is 72.8 Å². The first-order valence-corrected chi connectivity index (χ1v) is 10.6. The van der Waals surface area contributed by atoms with E-state index < -0.39 is 0 Å². The molecular formula is C26H26O4. The van der Waals surface area contributed by atoms with E-state index in [-0.39, 0.29) is 0 Å². The molecule has 0 bridgehead atoms. The highest BCUT2D eigenvalue weighted by Gasteiger charge is 2.24. The third-order valence-corrected chi connectivity index (χ3v) is 5.46. The first-order valence-electron chi connectivity index (χ1n) is 10.6. The summed E-state index contributed by atoms with van der Waals surface area (Å²) in [6.45, 7) is 2.81. The molecule has 5 rings (SSSR count). The van der Waals surface area contributed by atoms with Crippen molar-refractivity contribution in [3.05, 3.63) is 95.1 Å². The Kier molecular flexibility index (Phi) is 5.69. The third kappa shape index (κ3) is 5.21. The zero-order valence-electron chi connectivity index (χ0n) is 17.0. The molecule has 3 aromatic carbocycles. The van der Waals surface area contributed by atoms with Crippen LogP contribution < -0.4 is 9.47 Å². The summed E-state index contributed by atoms with van der Waals surface area (Å²) in [5.41, 5.74) is 4.70. The second-order valence-corrected chi connectivity index (χ2v) is 7.93. The van der Waals surface area contributed by atoms with Crippen LogP contribution in [0.5, 0.6) is 11.5 Å². The highest BCUT2D eigenvalue weighted by Crippen LogP contribution is 2.26. The number of rotatable bonds is 10. The van der Waals surface area contributed by atoms with Crippen LogP contribution in [0.2, 0.25) is 0 Å². The lowest BCUT2D eigenvalue weighted by molar-refractivity contribution is 0.298. The predicted octanol–water partition coefficient (Wildman–Crippen LogP) is 4.73. The minimum absolute atomic E-state index is 0.357. The highest BCUT2D eigenvalue weighted by molar-refractivity contribution is 5.36. The summed E-state index contributed by atoms with van der Waals surface area (Å²) >= 11 is 0. The summed E-state index contributed by atoms with van der Waals surface area (Å²) in [5.74, 6) is 1.88. The van der Waals surface area contributed by atoms with E-state index in [1.165, 1.54) is 11.1 Å². The zero-order valence-corrected chi connectivity index (χ0v) is 17.0. The van der Waals surface area contributed by atoms with Gasteiger partial charge in [-0.05, 0) is 34.4 Å². The van der Waals surface area contributed by atoms with Crippen LogP contribution in [0, 0.1) is 0 Å². The molecule has 0 amide bonds. The van der Waals surface area contributed by atoms with Crippen molar-refractivity contribution < 1.29 is 18.9 Å². The molecule has 0 N–H and O–H groups in total. The molecule has 2 saturated heterocycles. The largest absolute Gasteiger partial charge is 0.489 e. The van der Waals surface area contributed by atoms with Crippen molar-refractivity contribution in [3.63, 3.8) is 0 Å². The molecule has 154 valence electrons. The summed E-state index contributed by atoms with van der Waals surface area (Å²) in [7, 11) is 0. The van der Waals surface area contributed by atoms with Crippen molar-refractivity contribution in [2.24, 2.45) is 0 Å². The van der Waals surface area contributed by atoms with E-state index in [1.807, 2.05) is 24.3 Å². The van der Waals surface area contributed by atoms with E-state index >= 15 is 0 Å². The SMILES string of the molecule is c1ccc(OCc2ccc(COc3ccccc3CC3CO3)cc2)c(CC2CO2)c1. The second kappa shape index (κ2) is 8.90. The lowest BCUT2D eigenvalue weighted by Gasteiger charge is -2.12. The van der Waals surface area contributed by atoms with Gasteiger partial charge in [0.1, 0.15) is 24.7 Å². The van der Waals surface area contributed by atoms with Crippen molar-refractivity contribution in [2.45, 2.75) is 38.3 Å². The number of para-hydroxylation sites is 2. The Morgan fingerprint density at radius 1 is 0.600 bits per heavy atom. The first kappa shape index (κ1) is 19.2. The Balaban J connectivity index is 1.16. The second-order valence-electron chi connectivity index (χ2n) is 7.93. The van der Waals surface area contributed by atoms with Gasteiger partial charge in [-0.25, -0.2) is 0 Å². The highest BCUT2D eigenvalue weighted by atomic mass is 16.6. The lowest BCUT2D eigenvalue weighted by Crippen LogP contribution is -2.02. The summed E-state index contributed by atoms with van der Waals surface area (Å²) in [4.78, 5) is 0. The van der Waals surface area contributed by atoms with Crippen LogP contribution in [0.25, 0.3) is 0 Å². The maximum Gasteiger partial charge on any atom is 0.123 e. The van der Waals surface area contributed by atoms with Gasteiger partial charge in [-0.1, -0.05) is 60.7 Å². The van der Waals surface area contributed by atoms with E-state index in [4.69, 9.17) is 18.9 Å². The Hall–Kier alpha value is -2.82. The molecule has 0 aliphatic carbocycles. The summed E-state index contributed by atoms with van der Waals surface area (Å²) in [6, 6.07) is 24.9. The van der Waals surface area contributed by atoms with Gasteiger partial charge in [-0.3, -0.25) is 0 Å². The molecule has 2 unspecified atom stereocenters. The third-order valence-electron chi connectivity index (χ3n) is 5.46. The van der Waals surface area contributed by atoms with Gasteiger partial charge in [0, 0.05) is 12.8 Å². The van der Waals surface area contributed by atoms with Gasteiger partial charge in [0.25, 0.3) is 0 Å². The minimum atomic E-state index is 0.357. The van der Waals surface area contributed by atoms with Gasteiger partial charge in [0.2, 0.25) is 0 Å². The van der Waals surface area contributed by atoms with Crippen molar-refractivity contribution in [1.29, 1.82) is 0 Å².